The molecule has 0 aliphatic heterocycles. The fraction of sp³-hybridized carbons (Fsp3) is 0.222. The SMILES string of the molecule is NC(C(=O)c1ccc2c(c1)CC(C(=O)O)C2)S(=O)(=O)c1ccc(Cl)cc1. The third kappa shape index (κ3) is 3.38. The minimum absolute atomic E-state index is 0.0881. The molecule has 1 aliphatic carbocycles. The zero-order valence-corrected chi connectivity index (χ0v) is 15.1. The molecule has 3 rings (SSSR count). The molecule has 0 bridgehead atoms. The Morgan fingerprint density at radius 3 is 2.31 bits per heavy atom. The van der Waals surface area contributed by atoms with Crippen LogP contribution in [-0.4, -0.2) is 30.7 Å². The molecule has 3 N–H and O–H groups in total. The smallest absolute Gasteiger partial charge is 0.307 e. The van der Waals surface area contributed by atoms with E-state index in [-0.39, 0.29) is 10.5 Å². The van der Waals surface area contributed by atoms with E-state index in [9.17, 15) is 18.0 Å². The molecular weight excluding hydrogens is 378 g/mol. The summed E-state index contributed by atoms with van der Waals surface area (Å²) in [6, 6.07) is 10.1. The number of carbonyl (C=O) groups excluding carboxylic acids is 1. The molecule has 0 heterocycles. The van der Waals surface area contributed by atoms with Crippen LogP contribution in [0.2, 0.25) is 5.02 Å². The average molecular weight is 394 g/mol. The normalized spacial score (nSPS) is 17.5. The number of nitrogens with two attached hydrogens (primary N) is 1. The van der Waals surface area contributed by atoms with E-state index >= 15 is 0 Å². The summed E-state index contributed by atoms with van der Waals surface area (Å²) in [5.41, 5.74) is 7.49. The van der Waals surface area contributed by atoms with E-state index in [1.165, 1.54) is 36.4 Å². The number of carboxylic acid groups (broad SMARTS) is 1. The summed E-state index contributed by atoms with van der Waals surface area (Å²) in [6.45, 7) is 0. The van der Waals surface area contributed by atoms with E-state index in [1.54, 1.807) is 6.07 Å². The number of hydrogen-bond donors (Lipinski definition) is 2. The average Bonchev–Trinajstić information content (AvgIpc) is 3.04. The minimum Gasteiger partial charge on any atom is -0.481 e. The molecule has 6 nitrogen and oxygen atoms in total. The molecule has 1 aliphatic rings. The topological polar surface area (TPSA) is 115 Å². The maximum absolute atomic E-state index is 12.6. The Bertz CT molecular complexity index is 985. The van der Waals surface area contributed by atoms with Crippen molar-refractivity contribution in [2.75, 3.05) is 0 Å². The summed E-state index contributed by atoms with van der Waals surface area (Å²) in [5.74, 6) is -2.15. The van der Waals surface area contributed by atoms with E-state index < -0.39 is 32.9 Å². The Labute approximate surface area is 155 Å². The third-order valence-corrected chi connectivity index (χ3v) is 6.57. The Balaban J connectivity index is 1.87. The fourth-order valence-corrected chi connectivity index (χ4v) is 4.37. The number of halogens is 1. The molecule has 8 heteroatoms. The highest BCUT2D eigenvalue weighted by Gasteiger charge is 2.33. The molecule has 0 saturated heterocycles. The second-order valence-electron chi connectivity index (χ2n) is 6.21. The number of fused-ring (bicyclic) bond motifs is 1. The number of hydrogen-bond acceptors (Lipinski definition) is 5. The van der Waals surface area contributed by atoms with Crippen molar-refractivity contribution in [3.8, 4) is 0 Å². The van der Waals surface area contributed by atoms with Crippen LogP contribution in [0.25, 0.3) is 0 Å². The first-order chi connectivity index (χ1) is 12.2. The van der Waals surface area contributed by atoms with E-state index in [2.05, 4.69) is 0 Å². The lowest BCUT2D eigenvalue weighted by atomic mass is 10.0. The van der Waals surface area contributed by atoms with Crippen molar-refractivity contribution in [2.45, 2.75) is 23.1 Å². The molecule has 2 atom stereocenters. The van der Waals surface area contributed by atoms with Gasteiger partial charge in [0.2, 0.25) is 9.84 Å². The standard InChI is InChI=1S/C18H16ClNO5S/c19-14-3-5-15(6-4-14)26(24,25)17(20)16(21)11-2-1-10-7-13(18(22)23)9-12(10)8-11/h1-6,8,13,17H,7,9,20H2,(H,22,23). The van der Waals surface area contributed by atoms with Gasteiger partial charge in [0.15, 0.2) is 11.2 Å². The summed E-state index contributed by atoms with van der Waals surface area (Å²) < 4.78 is 25.1. The van der Waals surface area contributed by atoms with Gasteiger partial charge in [-0.3, -0.25) is 9.59 Å². The summed E-state index contributed by atoms with van der Waals surface area (Å²) in [6.07, 6.45) is 0.708. The quantitative estimate of drug-likeness (QED) is 0.751. The first-order valence-electron chi connectivity index (χ1n) is 7.84. The van der Waals surface area contributed by atoms with Gasteiger partial charge in [-0.2, -0.15) is 0 Å². The van der Waals surface area contributed by atoms with Crippen LogP contribution in [0.5, 0.6) is 0 Å². The van der Waals surface area contributed by atoms with Gasteiger partial charge in [0, 0.05) is 10.6 Å². The van der Waals surface area contributed by atoms with Crippen molar-refractivity contribution in [3.63, 3.8) is 0 Å². The van der Waals surface area contributed by atoms with Gasteiger partial charge in [-0.05, 0) is 54.3 Å². The highest BCUT2D eigenvalue weighted by Crippen LogP contribution is 2.28. The predicted octanol–water partition coefficient (Wildman–Crippen LogP) is 2.08. The number of sulfone groups is 1. The second-order valence-corrected chi connectivity index (χ2v) is 8.72. The van der Waals surface area contributed by atoms with Gasteiger partial charge in [-0.15, -0.1) is 0 Å². The van der Waals surface area contributed by atoms with E-state index in [4.69, 9.17) is 22.4 Å². The molecule has 136 valence electrons. The van der Waals surface area contributed by atoms with Gasteiger partial charge < -0.3 is 10.8 Å². The van der Waals surface area contributed by atoms with Crippen molar-refractivity contribution in [3.05, 3.63) is 64.2 Å². The lowest BCUT2D eigenvalue weighted by Gasteiger charge is -2.13. The first-order valence-corrected chi connectivity index (χ1v) is 9.76. The summed E-state index contributed by atoms with van der Waals surface area (Å²) in [7, 11) is -4.07. The molecule has 0 radical (unpaired) electrons. The maximum atomic E-state index is 12.6. The van der Waals surface area contributed by atoms with Crippen LogP contribution >= 0.6 is 11.6 Å². The molecule has 0 fully saturated rings. The lowest BCUT2D eigenvalue weighted by Crippen LogP contribution is -2.38. The Kier molecular flexibility index (Phi) is 4.88. The highest BCUT2D eigenvalue weighted by molar-refractivity contribution is 7.92. The van der Waals surface area contributed by atoms with E-state index in [1.807, 2.05) is 0 Å². The second kappa shape index (κ2) is 6.83. The minimum atomic E-state index is -4.07. The Morgan fingerprint density at radius 2 is 1.69 bits per heavy atom. The monoisotopic (exact) mass is 393 g/mol. The van der Waals surface area contributed by atoms with Gasteiger partial charge in [-0.1, -0.05) is 23.7 Å². The van der Waals surface area contributed by atoms with Crippen LogP contribution in [-0.2, 0) is 27.5 Å². The van der Waals surface area contributed by atoms with Crippen LogP contribution < -0.4 is 5.73 Å². The van der Waals surface area contributed by atoms with Crippen molar-refractivity contribution in [1.82, 2.24) is 0 Å². The number of carbonyl (C=O) groups is 2. The van der Waals surface area contributed by atoms with Crippen LogP contribution in [0.3, 0.4) is 0 Å². The number of benzene rings is 2. The summed E-state index contributed by atoms with van der Waals surface area (Å²) in [4.78, 5) is 23.6. The lowest BCUT2D eigenvalue weighted by molar-refractivity contribution is -0.141. The molecule has 2 aromatic carbocycles. The Morgan fingerprint density at radius 1 is 1.08 bits per heavy atom. The molecule has 2 aromatic rings. The fourth-order valence-electron chi connectivity index (χ4n) is 3.02. The highest BCUT2D eigenvalue weighted by atomic mass is 35.5. The molecule has 2 unspecified atom stereocenters. The zero-order valence-electron chi connectivity index (χ0n) is 13.6. The molecule has 0 aromatic heterocycles. The van der Waals surface area contributed by atoms with Crippen LogP contribution in [0.1, 0.15) is 21.5 Å². The molecule has 0 saturated carbocycles. The van der Waals surface area contributed by atoms with Gasteiger partial charge in [0.1, 0.15) is 0 Å². The van der Waals surface area contributed by atoms with Crippen LogP contribution in [0.15, 0.2) is 47.4 Å². The predicted molar refractivity (Wildman–Crippen MR) is 95.9 cm³/mol. The third-order valence-electron chi connectivity index (χ3n) is 4.51. The number of Topliss-reactive ketones (excluding diaryl/α,β-unsaturated/α-hetero) is 1. The number of ketones is 1. The molecule has 0 spiro atoms. The largest absolute Gasteiger partial charge is 0.481 e. The van der Waals surface area contributed by atoms with Crippen LogP contribution in [0, 0.1) is 5.92 Å². The Hall–Kier alpha value is -2.22. The van der Waals surface area contributed by atoms with Gasteiger partial charge >= 0.3 is 5.97 Å². The van der Waals surface area contributed by atoms with Gasteiger partial charge in [-0.25, -0.2) is 8.42 Å². The van der Waals surface area contributed by atoms with Crippen molar-refractivity contribution < 1.29 is 23.1 Å². The van der Waals surface area contributed by atoms with Gasteiger partial charge in [0.05, 0.1) is 10.8 Å². The van der Waals surface area contributed by atoms with Gasteiger partial charge in [0.25, 0.3) is 0 Å². The van der Waals surface area contributed by atoms with Crippen molar-refractivity contribution in [2.24, 2.45) is 11.7 Å². The molecule has 26 heavy (non-hydrogen) atoms. The number of aliphatic carboxylic acids is 1. The van der Waals surface area contributed by atoms with E-state index in [0.29, 0.717) is 17.9 Å². The zero-order chi connectivity index (χ0) is 19.1. The summed E-state index contributed by atoms with van der Waals surface area (Å²) in [5, 5.41) is 7.75. The van der Waals surface area contributed by atoms with E-state index in [0.717, 1.165) is 11.1 Å². The molecular formula is C18H16ClNO5S. The van der Waals surface area contributed by atoms with Crippen molar-refractivity contribution in [1.29, 1.82) is 0 Å². The summed E-state index contributed by atoms with van der Waals surface area (Å²) >= 11 is 5.75. The maximum Gasteiger partial charge on any atom is 0.307 e. The first kappa shape index (κ1) is 18.6. The van der Waals surface area contributed by atoms with Crippen LogP contribution in [0.4, 0.5) is 0 Å². The molecule has 0 amide bonds. The number of rotatable bonds is 5. The number of carboxylic acids is 1. The van der Waals surface area contributed by atoms with Crippen molar-refractivity contribution >= 4 is 33.2 Å².